The molecule has 0 bridgehead atoms. The molecular formula is C7H18ClNSi. The average Bonchev–Trinajstić information content (AvgIpc) is 1.87. The molecule has 0 heterocycles. The zero-order valence-electron chi connectivity index (χ0n) is 6.99. The molecule has 0 saturated carbocycles. The zero-order valence-corrected chi connectivity index (χ0v) is 8.90. The van der Waals surface area contributed by atoms with E-state index in [1.165, 1.54) is 18.9 Å². The summed E-state index contributed by atoms with van der Waals surface area (Å²) in [4.78, 5) is 0. The lowest BCUT2D eigenvalue weighted by atomic mass is 10.3. The maximum atomic E-state index is 5.91. The number of hydrogen-bond acceptors (Lipinski definition) is 1. The molecule has 1 nitrogen and oxygen atoms in total. The predicted octanol–water partition coefficient (Wildman–Crippen LogP) is 1.97. The van der Waals surface area contributed by atoms with Gasteiger partial charge in [0.15, 0.2) is 0 Å². The van der Waals surface area contributed by atoms with Crippen LogP contribution in [0.1, 0.15) is 19.8 Å². The molecule has 0 radical (unpaired) electrons. The average molecular weight is 180 g/mol. The quantitative estimate of drug-likeness (QED) is 0.374. The van der Waals surface area contributed by atoms with Crippen molar-refractivity contribution in [2.24, 2.45) is 0 Å². The van der Waals surface area contributed by atoms with Crippen LogP contribution in [0.15, 0.2) is 0 Å². The van der Waals surface area contributed by atoms with Crippen molar-refractivity contribution in [3.05, 3.63) is 0 Å². The molecule has 0 fully saturated rings. The summed E-state index contributed by atoms with van der Waals surface area (Å²) in [6.45, 7) is 6.58. The Kier molecular flexibility index (Phi) is 7.93. The molecule has 0 saturated heterocycles. The fourth-order valence-corrected chi connectivity index (χ4v) is 2.17. The maximum Gasteiger partial charge on any atom is 0.138 e. The van der Waals surface area contributed by atoms with Crippen molar-refractivity contribution in [3.63, 3.8) is 0 Å². The minimum atomic E-state index is -0.778. The Bertz CT molecular complexity index is 68.6. The van der Waals surface area contributed by atoms with E-state index in [1.54, 1.807) is 0 Å². The van der Waals surface area contributed by atoms with Crippen LogP contribution in [0.25, 0.3) is 0 Å². The molecule has 0 spiro atoms. The van der Waals surface area contributed by atoms with E-state index in [4.69, 9.17) is 11.1 Å². The lowest BCUT2D eigenvalue weighted by molar-refractivity contribution is 0.662. The molecule has 62 valence electrons. The van der Waals surface area contributed by atoms with Crippen LogP contribution < -0.4 is 5.32 Å². The number of rotatable bonds is 6. The minimum Gasteiger partial charge on any atom is -0.317 e. The maximum absolute atomic E-state index is 5.91. The van der Waals surface area contributed by atoms with Crippen molar-refractivity contribution >= 4 is 19.2 Å². The number of unbranched alkanes of at least 4 members (excludes halogenated alkanes) is 1. The van der Waals surface area contributed by atoms with Gasteiger partial charge in [-0.1, -0.05) is 19.9 Å². The molecule has 0 rings (SSSR count). The van der Waals surface area contributed by atoms with Crippen LogP contribution in [-0.4, -0.2) is 21.2 Å². The van der Waals surface area contributed by atoms with E-state index in [1.807, 2.05) is 0 Å². The molecule has 0 amide bonds. The summed E-state index contributed by atoms with van der Waals surface area (Å²) in [6, 6.07) is 1.28. The van der Waals surface area contributed by atoms with E-state index in [2.05, 4.69) is 18.8 Å². The summed E-state index contributed by atoms with van der Waals surface area (Å²) in [5, 5.41) is 3.29. The molecule has 1 atom stereocenters. The van der Waals surface area contributed by atoms with Crippen LogP contribution in [0.4, 0.5) is 0 Å². The number of hydrogen-bond donors (Lipinski definition) is 1. The molecule has 0 aromatic heterocycles. The smallest absolute Gasteiger partial charge is 0.138 e. The molecule has 0 aromatic carbocycles. The van der Waals surface area contributed by atoms with E-state index < -0.39 is 8.11 Å². The lowest BCUT2D eigenvalue weighted by Gasteiger charge is -2.01. The van der Waals surface area contributed by atoms with Gasteiger partial charge in [0.1, 0.15) is 8.11 Å². The summed E-state index contributed by atoms with van der Waals surface area (Å²) < 4.78 is 0. The van der Waals surface area contributed by atoms with E-state index in [9.17, 15) is 0 Å². The van der Waals surface area contributed by atoms with Crippen LogP contribution >= 0.6 is 11.1 Å². The van der Waals surface area contributed by atoms with Crippen molar-refractivity contribution < 1.29 is 0 Å². The van der Waals surface area contributed by atoms with Crippen LogP contribution in [0, 0.1) is 0 Å². The second kappa shape index (κ2) is 7.57. The van der Waals surface area contributed by atoms with Gasteiger partial charge in [-0.05, 0) is 25.6 Å². The number of halogens is 1. The predicted molar refractivity (Wildman–Crippen MR) is 51.5 cm³/mol. The monoisotopic (exact) mass is 179 g/mol. The third-order valence-electron chi connectivity index (χ3n) is 1.46. The Morgan fingerprint density at radius 3 is 2.60 bits per heavy atom. The molecule has 10 heavy (non-hydrogen) atoms. The Morgan fingerprint density at radius 2 is 2.10 bits per heavy atom. The Hall–Kier alpha value is 0.467. The van der Waals surface area contributed by atoms with Gasteiger partial charge in [-0.3, -0.25) is 0 Å². The first-order valence-electron chi connectivity index (χ1n) is 4.12. The second-order valence-electron chi connectivity index (χ2n) is 2.63. The normalized spacial score (nSPS) is 13.5. The van der Waals surface area contributed by atoms with Crippen LogP contribution in [0.3, 0.4) is 0 Å². The standard InChI is InChI=1S/C7H18ClNSi/c1-3-9-6-4-5-7-10(2)8/h9-10H,3-7H2,1-2H3. The van der Waals surface area contributed by atoms with Crippen LogP contribution in [0.5, 0.6) is 0 Å². The highest BCUT2D eigenvalue weighted by molar-refractivity contribution is 7.06. The molecular weight excluding hydrogens is 162 g/mol. The highest BCUT2D eigenvalue weighted by Crippen LogP contribution is 2.03. The van der Waals surface area contributed by atoms with Gasteiger partial charge in [0.2, 0.25) is 0 Å². The lowest BCUT2D eigenvalue weighted by Crippen LogP contribution is -2.14. The number of nitrogens with one attached hydrogen (secondary N) is 1. The summed E-state index contributed by atoms with van der Waals surface area (Å²) in [5.74, 6) is 0. The molecule has 0 aromatic rings. The van der Waals surface area contributed by atoms with Crippen molar-refractivity contribution in [1.82, 2.24) is 5.32 Å². The third-order valence-corrected chi connectivity index (χ3v) is 3.31. The topological polar surface area (TPSA) is 12.0 Å². The van der Waals surface area contributed by atoms with Gasteiger partial charge in [-0.15, -0.1) is 0 Å². The highest BCUT2D eigenvalue weighted by atomic mass is 35.6. The second-order valence-corrected chi connectivity index (χ2v) is 7.00. The Morgan fingerprint density at radius 1 is 1.40 bits per heavy atom. The van der Waals surface area contributed by atoms with E-state index >= 15 is 0 Å². The SMILES string of the molecule is CCNCCCC[SiH](C)Cl. The van der Waals surface area contributed by atoms with Crippen LogP contribution in [0.2, 0.25) is 12.6 Å². The van der Waals surface area contributed by atoms with Crippen molar-refractivity contribution in [2.45, 2.75) is 32.4 Å². The Labute approximate surface area is 70.5 Å². The third kappa shape index (κ3) is 8.47. The van der Waals surface area contributed by atoms with E-state index in [-0.39, 0.29) is 0 Å². The molecule has 0 aliphatic heterocycles. The Balaban J connectivity index is 2.77. The minimum absolute atomic E-state index is 0.778. The van der Waals surface area contributed by atoms with Gasteiger partial charge in [0.25, 0.3) is 0 Å². The van der Waals surface area contributed by atoms with Crippen LogP contribution in [-0.2, 0) is 0 Å². The van der Waals surface area contributed by atoms with Crippen molar-refractivity contribution in [2.75, 3.05) is 13.1 Å². The highest BCUT2D eigenvalue weighted by Gasteiger charge is 1.96. The first-order chi connectivity index (χ1) is 4.77. The van der Waals surface area contributed by atoms with Gasteiger partial charge in [0.05, 0.1) is 0 Å². The van der Waals surface area contributed by atoms with Gasteiger partial charge in [-0.25, -0.2) is 0 Å². The first kappa shape index (κ1) is 10.5. The van der Waals surface area contributed by atoms with Crippen molar-refractivity contribution in [1.29, 1.82) is 0 Å². The molecule has 1 unspecified atom stereocenters. The molecule has 1 N–H and O–H groups in total. The van der Waals surface area contributed by atoms with E-state index in [0.717, 1.165) is 13.1 Å². The van der Waals surface area contributed by atoms with Gasteiger partial charge >= 0.3 is 0 Å². The van der Waals surface area contributed by atoms with Gasteiger partial charge in [-0.2, -0.15) is 11.1 Å². The van der Waals surface area contributed by atoms with Gasteiger partial charge < -0.3 is 5.32 Å². The molecule has 0 aliphatic rings. The molecule has 0 aliphatic carbocycles. The molecule has 3 heteroatoms. The zero-order chi connectivity index (χ0) is 7.82. The van der Waals surface area contributed by atoms with Crippen molar-refractivity contribution in [3.8, 4) is 0 Å². The summed E-state index contributed by atoms with van der Waals surface area (Å²) in [7, 11) is -0.778. The fourth-order valence-electron chi connectivity index (χ4n) is 0.852. The van der Waals surface area contributed by atoms with E-state index in [0.29, 0.717) is 0 Å². The summed E-state index contributed by atoms with van der Waals surface area (Å²) >= 11 is 5.91. The fraction of sp³-hybridized carbons (Fsp3) is 1.00. The largest absolute Gasteiger partial charge is 0.317 e. The summed E-state index contributed by atoms with van der Waals surface area (Å²) in [6.07, 6.45) is 2.60. The first-order valence-corrected chi connectivity index (χ1v) is 7.83. The summed E-state index contributed by atoms with van der Waals surface area (Å²) in [5.41, 5.74) is 0. The van der Waals surface area contributed by atoms with Gasteiger partial charge in [0, 0.05) is 0 Å².